The quantitative estimate of drug-likeness (QED) is 0.764. The smallest absolute Gasteiger partial charge is 0.223 e. The topological polar surface area (TPSA) is 58.1 Å². The fraction of sp³-hybridized carbons (Fsp3) is 0.353. The van der Waals surface area contributed by atoms with E-state index in [0.29, 0.717) is 11.2 Å². The molecule has 1 atom stereocenters. The molecule has 7 heteroatoms. The molecule has 124 valence electrons. The molecular weight excluding hydrogens is 340 g/mol. The number of rotatable bonds is 4. The van der Waals surface area contributed by atoms with E-state index in [-0.39, 0.29) is 5.91 Å². The largest absolute Gasteiger partial charge is 0.302 e. The monoisotopic (exact) mass is 358 g/mol. The Bertz CT molecular complexity index is 872. The lowest BCUT2D eigenvalue weighted by Gasteiger charge is -2.24. The molecule has 4 rings (SSSR count). The third-order valence-corrected chi connectivity index (χ3v) is 6.01. The van der Waals surface area contributed by atoms with Crippen LogP contribution in [0.4, 0.5) is 5.13 Å². The van der Waals surface area contributed by atoms with Crippen molar-refractivity contribution >= 4 is 43.9 Å². The van der Waals surface area contributed by atoms with Crippen LogP contribution in [0.3, 0.4) is 0 Å². The number of likely N-dealkylation sites (tertiary alicyclic amines) is 1. The van der Waals surface area contributed by atoms with E-state index in [2.05, 4.69) is 38.4 Å². The lowest BCUT2D eigenvalue weighted by atomic mass is 10.0. The molecule has 5 nitrogen and oxygen atoms in total. The fourth-order valence-corrected chi connectivity index (χ4v) is 4.81. The molecular formula is C17H18N4OS2. The minimum atomic E-state index is -0.0773. The molecule has 1 aliphatic heterocycles. The van der Waals surface area contributed by atoms with Crippen molar-refractivity contribution in [1.29, 1.82) is 0 Å². The number of hydrogen-bond donors (Lipinski definition) is 1. The molecule has 0 saturated carbocycles. The first-order valence-corrected chi connectivity index (χ1v) is 9.68. The van der Waals surface area contributed by atoms with Gasteiger partial charge in [0.25, 0.3) is 0 Å². The van der Waals surface area contributed by atoms with E-state index in [4.69, 9.17) is 0 Å². The summed E-state index contributed by atoms with van der Waals surface area (Å²) < 4.78 is 1.24. The Balaban J connectivity index is 1.52. The number of thiazole rings is 2. The summed E-state index contributed by atoms with van der Waals surface area (Å²) in [5.41, 5.74) is 4.34. The Morgan fingerprint density at radius 1 is 1.42 bits per heavy atom. The van der Waals surface area contributed by atoms with Crippen LogP contribution in [0.5, 0.6) is 0 Å². The minimum absolute atomic E-state index is 0.0773. The van der Waals surface area contributed by atoms with E-state index in [0.717, 1.165) is 18.6 Å². The zero-order valence-electron chi connectivity index (χ0n) is 13.4. The van der Waals surface area contributed by atoms with Crippen LogP contribution in [0.15, 0.2) is 29.9 Å². The van der Waals surface area contributed by atoms with Crippen molar-refractivity contribution in [2.45, 2.75) is 32.4 Å². The van der Waals surface area contributed by atoms with Crippen LogP contribution in [0.2, 0.25) is 0 Å². The molecule has 2 aromatic heterocycles. The molecule has 1 saturated heterocycles. The zero-order valence-corrected chi connectivity index (χ0v) is 15.0. The molecule has 1 amide bonds. The van der Waals surface area contributed by atoms with Gasteiger partial charge in [-0.3, -0.25) is 9.69 Å². The maximum absolute atomic E-state index is 11.1. The first kappa shape index (κ1) is 15.7. The highest BCUT2D eigenvalue weighted by atomic mass is 32.1. The Hall–Kier alpha value is -1.83. The van der Waals surface area contributed by atoms with Crippen molar-refractivity contribution in [2.75, 3.05) is 11.9 Å². The number of anilines is 1. The van der Waals surface area contributed by atoms with E-state index in [1.54, 1.807) is 22.7 Å². The van der Waals surface area contributed by atoms with E-state index >= 15 is 0 Å². The van der Waals surface area contributed by atoms with Crippen LogP contribution < -0.4 is 5.32 Å². The number of carbonyl (C=O) groups is 1. The highest BCUT2D eigenvalue weighted by Crippen LogP contribution is 2.35. The highest BCUT2D eigenvalue weighted by molar-refractivity contribution is 7.16. The van der Waals surface area contributed by atoms with Crippen LogP contribution in [-0.4, -0.2) is 27.3 Å². The normalized spacial score (nSPS) is 18.3. The predicted molar refractivity (Wildman–Crippen MR) is 98.4 cm³/mol. The first-order chi connectivity index (χ1) is 11.7. The summed E-state index contributed by atoms with van der Waals surface area (Å²) in [6, 6.07) is 7.08. The number of nitrogens with one attached hydrogen (secondary N) is 1. The van der Waals surface area contributed by atoms with Crippen molar-refractivity contribution in [1.82, 2.24) is 14.9 Å². The van der Waals surface area contributed by atoms with E-state index in [9.17, 15) is 4.79 Å². The maximum Gasteiger partial charge on any atom is 0.223 e. The molecule has 0 aliphatic carbocycles. The van der Waals surface area contributed by atoms with Crippen molar-refractivity contribution in [3.05, 3.63) is 40.3 Å². The maximum atomic E-state index is 11.1. The molecule has 1 aromatic carbocycles. The number of amides is 1. The zero-order chi connectivity index (χ0) is 16.5. The second kappa shape index (κ2) is 6.58. The lowest BCUT2D eigenvalue weighted by Crippen LogP contribution is -2.22. The van der Waals surface area contributed by atoms with E-state index in [1.807, 2.05) is 11.7 Å². The Labute approximate surface area is 148 Å². The number of fused-ring (bicyclic) bond motifs is 1. The second-order valence-electron chi connectivity index (χ2n) is 6.02. The van der Waals surface area contributed by atoms with Crippen LogP contribution in [0.1, 0.15) is 36.2 Å². The fourth-order valence-electron chi connectivity index (χ4n) is 3.26. The summed E-state index contributed by atoms with van der Waals surface area (Å²) >= 11 is 3.24. The molecule has 1 aliphatic rings. The number of hydrogen-bond acceptors (Lipinski definition) is 6. The SMILES string of the molecule is CC(=O)Nc1ncc(CN2CCC[C@H]2c2ccc3scnc3c2)s1. The van der Waals surface area contributed by atoms with Crippen LogP contribution in [0, 0.1) is 0 Å². The predicted octanol–water partition coefficient (Wildman–Crippen LogP) is 4.05. The molecule has 3 aromatic rings. The van der Waals surface area contributed by atoms with Gasteiger partial charge in [-0.05, 0) is 37.1 Å². The highest BCUT2D eigenvalue weighted by Gasteiger charge is 2.26. The minimum Gasteiger partial charge on any atom is -0.302 e. The van der Waals surface area contributed by atoms with Crippen molar-refractivity contribution in [3.63, 3.8) is 0 Å². The number of aromatic nitrogens is 2. The summed E-state index contributed by atoms with van der Waals surface area (Å²) in [5, 5.41) is 3.43. The molecule has 3 heterocycles. The molecule has 1 N–H and O–H groups in total. The lowest BCUT2D eigenvalue weighted by molar-refractivity contribution is -0.114. The molecule has 0 unspecified atom stereocenters. The summed E-state index contributed by atoms with van der Waals surface area (Å²) in [6.45, 7) is 3.47. The van der Waals surface area contributed by atoms with E-state index in [1.165, 1.54) is 34.9 Å². The van der Waals surface area contributed by atoms with Crippen molar-refractivity contribution in [3.8, 4) is 0 Å². The van der Waals surface area contributed by atoms with Gasteiger partial charge in [-0.15, -0.1) is 22.7 Å². The standard InChI is InChI=1S/C17H18N4OS2/c1-11(22)20-17-18-8-13(24-17)9-21-6-2-3-15(21)12-4-5-16-14(7-12)19-10-23-16/h4-5,7-8,10,15H,2-3,6,9H2,1H3,(H,18,20,22)/t15-/m0/s1. The van der Waals surface area contributed by atoms with Gasteiger partial charge in [0, 0.05) is 30.6 Å². The number of benzene rings is 1. The molecule has 0 radical (unpaired) electrons. The van der Waals surface area contributed by atoms with Gasteiger partial charge in [0.1, 0.15) is 0 Å². The third kappa shape index (κ3) is 3.19. The number of carbonyl (C=O) groups excluding carboxylic acids is 1. The first-order valence-electron chi connectivity index (χ1n) is 7.98. The Morgan fingerprint density at radius 3 is 3.21 bits per heavy atom. The molecule has 0 bridgehead atoms. The average molecular weight is 358 g/mol. The van der Waals surface area contributed by atoms with Crippen molar-refractivity contribution < 1.29 is 4.79 Å². The van der Waals surface area contributed by atoms with Crippen LogP contribution >= 0.6 is 22.7 Å². The Kier molecular flexibility index (Phi) is 4.30. The molecule has 24 heavy (non-hydrogen) atoms. The summed E-state index contributed by atoms with van der Waals surface area (Å²) in [4.78, 5) is 23.5. The van der Waals surface area contributed by atoms with Gasteiger partial charge >= 0.3 is 0 Å². The van der Waals surface area contributed by atoms with Gasteiger partial charge in [-0.2, -0.15) is 0 Å². The van der Waals surface area contributed by atoms with Crippen molar-refractivity contribution in [2.24, 2.45) is 0 Å². The number of nitrogens with zero attached hydrogens (tertiary/aromatic N) is 3. The van der Waals surface area contributed by atoms with Crippen LogP contribution in [0.25, 0.3) is 10.2 Å². The summed E-state index contributed by atoms with van der Waals surface area (Å²) in [7, 11) is 0. The van der Waals surface area contributed by atoms with E-state index < -0.39 is 0 Å². The molecule has 0 spiro atoms. The average Bonchev–Trinajstić information content (AvgIpc) is 3.27. The summed E-state index contributed by atoms with van der Waals surface area (Å²) in [5.74, 6) is -0.0773. The van der Waals surface area contributed by atoms with Gasteiger partial charge in [-0.25, -0.2) is 9.97 Å². The van der Waals surface area contributed by atoms with Gasteiger partial charge in [0.05, 0.1) is 15.7 Å². The van der Waals surface area contributed by atoms with Gasteiger partial charge in [0.2, 0.25) is 5.91 Å². The summed E-state index contributed by atoms with van der Waals surface area (Å²) in [6.07, 6.45) is 4.25. The molecule has 1 fully saturated rings. The second-order valence-corrected chi connectivity index (χ2v) is 8.02. The Morgan fingerprint density at radius 2 is 2.33 bits per heavy atom. The van der Waals surface area contributed by atoms with Gasteiger partial charge < -0.3 is 5.32 Å². The van der Waals surface area contributed by atoms with Crippen LogP contribution in [-0.2, 0) is 11.3 Å². The third-order valence-electron chi connectivity index (χ3n) is 4.30. The van der Waals surface area contributed by atoms with Gasteiger partial charge in [0.15, 0.2) is 5.13 Å². The van der Waals surface area contributed by atoms with Gasteiger partial charge in [-0.1, -0.05) is 6.07 Å².